The highest BCUT2D eigenvalue weighted by molar-refractivity contribution is 5.93. The molecule has 0 N–H and O–H groups in total. The van der Waals surface area contributed by atoms with Crippen LogP contribution in [0.5, 0.6) is 11.5 Å². The second kappa shape index (κ2) is 8.70. The van der Waals surface area contributed by atoms with E-state index >= 15 is 0 Å². The number of aryl methyl sites for hydroxylation is 1. The highest BCUT2D eigenvalue weighted by Crippen LogP contribution is 2.30. The topological polar surface area (TPSA) is 59.3 Å². The smallest absolute Gasteiger partial charge is 0.343 e. The molecule has 0 saturated carbocycles. The van der Waals surface area contributed by atoms with Gasteiger partial charge in [-0.1, -0.05) is 54.6 Å². The van der Waals surface area contributed by atoms with Crippen molar-refractivity contribution in [1.82, 2.24) is 0 Å². The summed E-state index contributed by atoms with van der Waals surface area (Å²) in [5.74, 6) is 0.300. The monoisotopic (exact) mass is 369 g/mol. The molecular weight excluding hydrogens is 350 g/mol. The second-order valence-electron chi connectivity index (χ2n) is 6.15. The van der Waals surface area contributed by atoms with E-state index in [-0.39, 0.29) is 0 Å². The van der Waals surface area contributed by atoms with Crippen LogP contribution in [0.1, 0.15) is 27.0 Å². The maximum absolute atomic E-state index is 12.5. The van der Waals surface area contributed by atoms with Crippen LogP contribution in [-0.2, 0) is 0 Å². The molecule has 0 spiro atoms. The van der Waals surface area contributed by atoms with Crippen molar-refractivity contribution in [3.8, 4) is 17.6 Å². The molecule has 0 heterocycles. The molecule has 0 bridgehead atoms. The predicted octanol–water partition coefficient (Wildman–Crippen LogP) is 5.29. The van der Waals surface area contributed by atoms with Gasteiger partial charge in [-0.2, -0.15) is 5.26 Å². The van der Waals surface area contributed by atoms with Gasteiger partial charge in [0.25, 0.3) is 0 Å². The molecule has 0 aliphatic heterocycles. The number of methoxy groups -OCH3 is 1. The zero-order valence-electron chi connectivity index (χ0n) is 15.7. The molecule has 3 aromatic rings. The van der Waals surface area contributed by atoms with E-state index in [0.29, 0.717) is 22.6 Å². The lowest BCUT2D eigenvalue weighted by Gasteiger charge is -2.11. The van der Waals surface area contributed by atoms with Gasteiger partial charge in [0.2, 0.25) is 0 Å². The lowest BCUT2D eigenvalue weighted by atomic mass is 10.0. The standard InChI is InChI=1S/C24H19NO3/c1-17-8-6-7-11-21(17)24(26)28-22-13-12-18(15-23(22)27-2)14-20(16-25)19-9-4-3-5-10-19/h3-15H,1-2H3/b20-14+. The molecule has 0 atom stereocenters. The Hall–Kier alpha value is -3.84. The molecule has 4 nitrogen and oxygen atoms in total. The van der Waals surface area contributed by atoms with Crippen molar-refractivity contribution in [2.75, 3.05) is 7.11 Å². The van der Waals surface area contributed by atoms with Crippen molar-refractivity contribution in [2.45, 2.75) is 6.92 Å². The Morgan fingerprint density at radius 1 is 0.964 bits per heavy atom. The number of nitriles is 1. The molecule has 0 unspecified atom stereocenters. The van der Waals surface area contributed by atoms with Gasteiger partial charge in [0.1, 0.15) is 0 Å². The maximum atomic E-state index is 12.5. The average Bonchev–Trinajstić information content (AvgIpc) is 2.73. The zero-order chi connectivity index (χ0) is 19.9. The van der Waals surface area contributed by atoms with Crippen LogP contribution >= 0.6 is 0 Å². The van der Waals surface area contributed by atoms with Gasteiger partial charge < -0.3 is 9.47 Å². The minimum absolute atomic E-state index is 0.325. The SMILES string of the molecule is COc1cc(/C=C(\C#N)c2ccccc2)ccc1OC(=O)c1ccccc1C. The second-order valence-corrected chi connectivity index (χ2v) is 6.15. The minimum atomic E-state index is -0.443. The summed E-state index contributed by atoms with van der Waals surface area (Å²) in [5.41, 5.74) is 3.48. The summed E-state index contributed by atoms with van der Waals surface area (Å²) in [5, 5.41) is 9.47. The Bertz CT molecular complexity index is 1060. The number of allylic oxidation sites excluding steroid dienone is 1. The largest absolute Gasteiger partial charge is 0.493 e. The number of carbonyl (C=O) groups is 1. The fraction of sp³-hybridized carbons (Fsp3) is 0.0833. The fourth-order valence-corrected chi connectivity index (χ4v) is 2.78. The van der Waals surface area contributed by atoms with Crippen molar-refractivity contribution < 1.29 is 14.3 Å². The molecule has 0 aliphatic carbocycles. The summed E-state index contributed by atoms with van der Waals surface area (Å²) in [6.07, 6.45) is 1.77. The van der Waals surface area contributed by atoms with E-state index in [2.05, 4.69) is 6.07 Å². The fourth-order valence-electron chi connectivity index (χ4n) is 2.78. The first-order valence-corrected chi connectivity index (χ1v) is 8.75. The molecule has 0 radical (unpaired) electrons. The predicted molar refractivity (Wildman–Crippen MR) is 109 cm³/mol. The molecule has 0 saturated heterocycles. The van der Waals surface area contributed by atoms with Gasteiger partial charge in [-0.25, -0.2) is 4.79 Å². The van der Waals surface area contributed by atoms with Gasteiger partial charge in [-0.3, -0.25) is 0 Å². The Balaban J connectivity index is 1.89. The van der Waals surface area contributed by atoms with Crippen LogP contribution < -0.4 is 9.47 Å². The normalized spacial score (nSPS) is 10.8. The number of esters is 1. The Morgan fingerprint density at radius 2 is 1.68 bits per heavy atom. The number of benzene rings is 3. The maximum Gasteiger partial charge on any atom is 0.343 e. The van der Waals surface area contributed by atoms with Crippen molar-refractivity contribution in [1.29, 1.82) is 5.26 Å². The highest BCUT2D eigenvalue weighted by Gasteiger charge is 2.14. The van der Waals surface area contributed by atoms with Crippen molar-refractivity contribution in [3.05, 3.63) is 95.1 Å². The van der Waals surface area contributed by atoms with Crippen LogP contribution in [-0.4, -0.2) is 13.1 Å². The van der Waals surface area contributed by atoms with Gasteiger partial charge in [-0.15, -0.1) is 0 Å². The van der Waals surface area contributed by atoms with Gasteiger partial charge in [0.05, 0.1) is 24.3 Å². The van der Waals surface area contributed by atoms with Crippen LogP contribution in [0.4, 0.5) is 0 Å². The molecule has 0 amide bonds. The summed E-state index contributed by atoms with van der Waals surface area (Å²) in [4.78, 5) is 12.5. The van der Waals surface area contributed by atoms with Crippen LogP contribution in [0, 0.1) is 18.3 Å². The van der Waals surface area contributed by atoms with Crippen molar-refractivity contribution in [3.63, 3.8) is 0 Å². The summed E-state index contributed by atoms with van der Waals surface area (Å²) in [7, 11) is 1.51. The van der Waals surface area contributed by atoms with Crippen LogP contribution in [0.15, 0.2) is 72.8 Å². The number of hydrogen-bond donors (Lipinski definition) is 0. The number of ether oxygens (including phenoxy) is 2. The van der Waals surface area contributed by atoms with E-state index < -0.39 is 5.97 Å². The van der Waals surface area contributed by atoms with Crippen molar-refractivity contribution >= 4 is 17.6 Å². The number of rotatable bonds is 5. The molecule has 0 fully saturated rings. The summed E-state index contributed by atoms with van der Waals surface area (Å²) < 4.78 is 10.9. The molecule has 138 valence electrons. The quantitative estimate of drug-likeness (QED) is 0.265. The first kappa shape index (κ1) is 18.9. The molecule has 4 heteroatoms. The van der Waals surface area contributed by atoms with E-state index in [1.54, 1.807) is 36.4 Å². The first-order valence-electron chi connectivity index (χ1n) is 8.75. The third-order valence-electron chi connectivity index (χ3n) is 4.27. The zero-order valence-corrected chi connectivity index (χ0v) is 15.7. The Kier molecular flexibility index (Phi) is 5.88. The first-order chi connectivity index (χ1) is 13.6. The molecule has 3 aromatic carbocycles. The molecule has 0 aliphatic rings. The molecule has 0 aromatic heterocycles. The highest BCUT2D eigenvalue weighted by atomic mass is 16.6. The van der Waals surface area contributed by atoms with Gasteiger partial charge in [0, 0.05) is 0 Å². The van der Waals surface area contributed by atoms with Gasteiger partial charge in [0.15, 0.2) is 11.5 Å². The van der Waals surface area contributed by atoms with E-state index in [1.165, 1.54) is 7.11 Å². The van der Waals surface area contributed by atoms with Crippen molar-refractivity contribution in [2.24, 2.45) is 0 Å². The number of carbonyl (C=O) groups excluding carboxylic acids is 1. The van der Waals surface area contributed by atoms with E-state index in [9.17, 15) is 10.1 Å². The van der Waals surface area contributed by atoms with Gasteiger partial charge >= 0.3 is 5.97 Å². The number of nitrogens with zero attached hydrogens (tertiary/aromatic N) is 1. The van der Waals surface area contributed by atoms with E-state index in [1.807, 2.05) is 49.4 Å². The van der Waals surface area contributed by atoms with E-state index in [0.717, 1.165) is 16.7 Å². The lowest BCUT2D eigenvalue weighted by molar-refractivity contribution is 0.0729. The van der Waals surface area contributed by atoms with E-state index in [4.69, 9.17) is 9.47 Å². The summed E-state index contributed by atoms with van der Waals surface area (Å²) in [6, 6.07) is 24.1. The van der Waals surface area contributed by atoms with Crippen LogP contribution in [0.2, 0.25) is 0 Å². The van der Waals surface area contributed by atoms with Crippen LogP contribution in [0.3, 0.4) is 0 Å². The third-order valence-corrected chi connectivity index (χ3v) is 4.27. The van der Waals surface area contributed by atoms with Gasteiger partial charge in [-0.05, 0) is 47.9 Å². The molecule has 28 heavy (non-hydrogen) atoms. The summed E-state index contributed by atoms with van der Waals surface area (Å²) >= 11 is 0. The van der Waals surface area contributed by atoms with Crippen LogP contribution in [0.25, 0.3) is 11.6 Å². The average molecular weight is 369 g/mol. The molecule has 3 rings (SSSR count). The molecular formula is C24H19NO3. The Morgan fingerprint density at radius 3 is 2.36 bits per heavy atom. The number of hydrogen-bond acceptors (Lipinski definition) is 4. The lowest BCUT2D eigenvalue weighted by Crippen LogP contribution is -2.10. The minimum Gasteiger partial charge on any atom is -0.493 e. The summed E-state index contributed by atoms with van der Waals surface area (Å²) in [6.45, 7) is 1.86. The Labute approximate surface area is 164 Å². The third kappa shape index (κ3) is 4.28.